The zero-order valence-electron chi connectivity index (χ0n) is 11.8. The number of aromatic nitrogens is 4. The first-order chi connectivity index (χ1) is 10.7. The highest BCUT2D eigenvalue weighted by Crippen LogP contribution is 2.36. The van der Waals surface area contributed by atoms with Crippen molar-refractivity contribution in [2.75, 3.05) is 11.1 Å². The van der Waals surface area contributed by atoms with Gasteiger partial charge in [-0.25, -0.2) is 4.98 Å². The van der Waals surface area contributed by atoms with Crippen molar-refractivity contribution in [3.8, 4) is 10.6 Å². The van der Waals surface area contributed by atoms with Gasteiger partial charge in [-0.05, 0) is 31.4 Å². The van der Waals surface area contributed by atoms with Crippen LogP contribution in [0.4, 0.5) is 11.8 Å². The lowest BCUT2D eigenvalue weighted by atomic mass is 10.2. The predicted molar refractivity (Wildman–Crippen MR) is 86.7 cm³/mol. The van der Waals surface area contributed by atoms with Crippen molar-refractivity contribution in [1.82, 2.24) is 20.2 Å². The minimum atomic E-state index is -0.226. The lowest BCUT2D eigenvalue weighted by molar-refractivity contribution is 0.182. The molecular formula is C14H16N6OS. The molecule has 1 saturated carbocycles. The first-order valence-electron chi connectivity index (χ1n) is 7.20. The van der Waals surface area contributed by atoms with Crippen molar-refractivity contribution in [2.24, 2.45) is 0 Å². The molecule has 2 atom stereocenters. The van der Waals surface area contributed by atoms with E-state index < -0.39 is 0 Å². The molecular weight excluding hydrogens is 300 g/mol. The average molecular weight is 316 g/mol. The largest absolute Gasteiger partial charge is 0.393 e. The summed E-state index contributed by atoms with van der Waals surface area (Å²) in [5, 5.41) is 20.0. The SMILES string of the molecule is Nc1nc(N[C@H]2CC[C@H](O)C2)c2sc(-c3ccn[nH]3)cc2n1. The fraction of sp³-hybridized carbons (Fsp3) is 0.357. The van der Waals surface area contributed by atoms with Gasteiger partial charge in [0, 0.05) is 12.2 Å². The normalized spacial score (nSPS) is 21.5. The zero-order valence-corrected chi connectivity index (χ0v) is 12.6. The molecule has 0 unspecified atom stereocenters. The molecule has 1 fully saturated rings. The van der Waals surface area contributed by atoms with E-state index in [1.807, 2.05) is 12.1 Å². The van der Waals surface area contributed by atoms with E-state index in [4.69, 9.17) is 5.73 Å². The van der Waals surface area contributed by atoms with Crippen LogP contribution in [0.3, 0.4) is 0 Å². The summed E-state index contributed by atoms with van der Waals surface area (Å²) in [5.74, 6) is 1.000. The van der Waals surface area contributed by atoms with Gasteiger partial charge in [0.2, 0.25) is 5.95 Å². The number of thiophene rings is 1. The monoisotopic (exact) mass is 316 g/mol. The Morgan fingerprint density at radius 1 is 1.36 bits per heavy atom. The average Bonchev–Trinajstić information content (AvgIpc) is 3.18. The highest BCUT2D eigenvalue weighted by molar-refractivity contribution is 7.22. The molecule has 5 N–H and O–H groups in total. The molecule has 114 valence electrons. The van der Waals surface area contributed by atoms with E-state index in [2.05, 4.69) is 25.5 Å². The topological polar surface area (TPSA) is 113 Å². The van der Waals surface area contributed by atoms with Gasteiger partial charge in [-0.3, -0.25) is 5.10 Å². The smallest absolute Gasteiger partial charge is 0.222 e. The highest BCUT2D eigenvalue weighted by atomic mass is 32.1. The first kappa shape index (κ1) is 13.5. The highest BCUT2D eigenvalue weighted by Gasteiger charge is 2.24. The van der Waals surface area contributed by atoms with Crippen molar-refractivity contribution in [3.63, 3.8) is 0 Å². The van der Waals surface area contributed by atoms with Gasteiger partial charge in [0.25, 0.3) is 0 Å². The fourth-order valence-corrected chi connectivity index (χ4v) is 3.88. The third kappa shape index (κ3) is 2.40. The molecule has 1 aliphatic carbocycles. The minimum Gasteiger partial charge on any atom is -0.393 e. The predicted octanol–water partition coefficient (Wildman–Crippen LogP) is 1.99. The van der Waals surface area contributed by atoms with Gasteiger partial charge in [-0.15, -0.1) is 11.3 Å². The number of aromatic amines is 1. The third-order valence-corrected chi connectivity index (χ3v) is 5.07. The van der Waals surface area contributed by atoms with E-state index in [-0.39, 0.29) is 18.1 Å². The zero-order chi connectivity index (χ0) is 15.1. The standard InChI is InChI=1S/C14H16N6OS/c15-14-18-10-6-11(9-3-4-16-20-9)22-12(10)13(19-14)17-7-1-2-8(21)5-7/h3-4,6-8,21H,1-2,5H2,(H,16,20)(H3,15,17,18,19)/t7-,8-/m0/s1. The molecule has 0 aliphatic heterocycles. The van der Waals surface area contributed by atoms with Gasteiger partial charge in [-0.2, -0.15) is 10.1 Å². The summed E-state index contributed by atoms with van der Waals surface area (Å²) in [5.41, 5.74) is 7.60. The summed E-state index contributed by atoms with van der Waals surface area (Å²) in [4.78, 5) is 9.70. The number of hydrogen-bond acceptors (Lipinski definition) is 7. The van der Waals surface area contributed by atoms with E-state index >= 15 is 0 Å². The Labute approximate surface area is 130 Å². The summed E-state index contributed by atoms with van der Waals surface area (Å²) in [6, 6.07) is 4.13. The maximum atomic E-state index is 9.67. The summed E-state index contributed by atoms with van der Waals surface area (Å²) in [6.07, 6.45) is 4.00. The second-order valence-corrected chi connectivity index (χ2v) is 6.59. The number of rotatable bonds is 3. The van der Waals surface area contributed by atoms with Crippen LogP contribution < -0.4 is 11.1 Å². The van der Waals surface area contributed by atoms with Gasteiger partial charge >= 0.3 is 0 Å². The lowest BCUT2D eigenvalue weighted by Gasteiger charge is -2.13. The summed E-state index contributed by atoms with van der Waals surface area (Å²) < 4.78 is 0.972. The van der Waals surface area contributed by atoms with E-state index in [0.29, 0.717) is 0 Å². The summed E-state index contributed by atoms with van der Waals surface area (Å²) in [7, 11) is 0. The maximum absolute atomic E-state index is 9.67. The van der Waals surface area contributed by atoms with Crippen LogP contribution in [-0.4, -0.2) is 37.4 Å². The van der Waals surface area contributed by atoms with Crippen LogP contribution >= 0.6 is 11.3 Å². The molecule has 0 bridgehead atoms. The van der Waals surface area contributed by atoms with Gasteiger partial charge in [0.1, 0.15) is 5.82 Å². The van der Waals surface area contributed by atoms with E-state index in [1.54, 1.807) is 17.5 Å². The molecule has 0 saturated heterocycles. The number of aliphatic hydroxyl groups is 1. The van der Waals surface area contributed by atoms with Crippen LogP contribution in [0.1, 0.15) is 19.3 Å². The quantitative estimate of drug-likeness (QED) is 0.588. The first-order valence-corrected chi connectivity index (χ1v) is 8.02. The number of aliphatic hydroxyl groups excluding tert-OH is 1. The summed E-state index contributed by atoms with van der Waals surface area (Å²) in [6.45, 7) is 0. The summed E-state index contributed by atoms with van der Waals surface area (Å²) >= 11 is 1.60. The second-order valence-electron chi connectivity index (χ2n) is 5.53. The lowest BCUT2D eigenvalue weighted by Crippen LogP contribution is -2.18. The molecule has 3 aromatic rings. The third-order valence-electron chi connectivity index (χ3n) is 3.90. The molecule has 0 spiro atoms. The van der Waals surface area contributed by atoms with Crippen molar-refractivity contribution in [2.45, 2.75) is 31.4 Å². The van der Waals surface area contributed by atoms with Crippen molar-refractivity contribution in [1.29, 1.82) is 0 Å². The molecule has 3 aromatic heterocycles. The van der Waals surface area contributed by atoms with Crippen LogP contribution in [0.2, 0.25) is 0 Å². The van der Waals surface area contributed by atoms with Gasteiger partial charge in [-0.1, -0.05) is 0 Å². The van der Waals surface area contributed by atoms with E-state index in [9.17, 15) is 5.11 Å². The van der Waals surface area contributed by atoms with Crippen LogP contribution in [0.5, 0.6) is 0 Å². The molecule has 8 heteroatoms. The van der Waals surface area contributed by atoms with Crippen LogP contribution in [-0.2, 0) is 0 Å². The number of fused-ring (bicyclic) bond motifs is 1. The van der Waals surface area contributed by atoms with E-state index in [0.717, 1.165) is 45.9 Å². The molecule has 7 nitrogen and oxygen atoms in total. The molecule has 0 amide bonds. The number of nitrogens with one attached hydrogen (secondary N) is 2. The van der Waals surface area contributed by atoms with Gasteiger partial charge in [0.15, 0.2) is 0 Å². The van der Waals surface area contributed by atoms with Crippen molar-refractivity contribution in [3.05, 3.63) is 18.3 Å². The minimum absolute atomic E-state index is 0.226. The second kappa shape index (κ2) is 5.22. The number of nitrogen functional groups attached to an aromatic ring is 1. The van der Waals surface area contributed by atoms with E-state index in [1.165, 1.54) is 0 Å². The Bertz CT molecular complexity index is 799. The van der Waals surface area contributed by atoms with Gasteiger partial charge in [0.05, 0.1) is 26.9 Å². The number of hydrogen-bond donors (Lipinski definition) is 4. The number of H-pyrrole nitrogens is 1. The Morgan fingerprint density at radius 3 is 3.00 bits per heavy atom. The molecule has 0 aromatic carbocycles. The fourth-order valence-electron chi connectivity index (χ4n) is 2.85. The van der Waals surface area contributed by atoms with Crippen molar-refractivity contribution < 1.29 is 5.11 Å². The number of nitrogens with two attached hydrogens (primary N) is 1. The maximum Gasteiger partial charge on any atom is 0.222 e. The Morgan fingerprint density at radius 2 is 2.27 bits per heavy atom. The van der Waals surface area contributed by atoms with Crippen LogP contribution in [0, 0.1) is 0 Å². The molecule has 22 heavy (non-hydrogen) atoms. The van der Waals surface area contributed by atoms with Gasteiger partial charge < -0.3 is 16.2 Å². The Hall–Kier alpha value is -2.19. The van der Waals surface area contributed by atoms with Crippen LogP contribution in [0.15, 0.2) is 18.3 Å². The van der Waals surface area contributed by atoms with Crippen LogP contribution in [0.25, 0.3) is 20.8 Å². The molecule has 3 heterocycles. The Balaban J connectivity index is 1.73. The van der Waals surface area contributed by atoms with Crippen molar-refractivity contribution >= 4 is 33.3 Å². The molecule has 4 rings (SSSR count). The molecule has 1 aliphatic rings. The Kier molecular flexibility index (Phi) is 3.20. The molecule has 0 radical (unpaired) electrons. The number of nitrogens with zero attached hydrogens (tertiary/aromatic N) is 3. The number of anilines is 2.